The van der Waals surface area contributed by atoms with E-state index in [1.54, 1.807) is 25.4 Å². The third kappa shape index (κ3) is 4.63. The molecule has 0 bridgehead atoms. The quantitative estimate of drug-likeness (QED) is 0.474. The van der Waals surface area contributed by atoms with Gasteiger partial charge in [0.15, 0.2) is 11.6 Å². The van der Waals surface area contributed by atoms with Crippen molar-refractivity contribution in [3.8, 4) is 16.9 Å². The third-order valence-electron chi connectivity index (χ3n) is 5.23. The lowest BCUT2D eigenvalue weighted by Crippen LogP contribution is -2.47. The molecule has 1 aromatic carbocycles. The van der Waals surface area contributed by atoms with E-state index in [0.29, 0.717) is 22.9 Å². The van der Waals surface area contributed by atoms with Gasteiger partial charge in [-0.15, -0.1) is 0 Å². The molecule has 1 aliphatic heterocycles. The predicted molar refractivity (Wildman–Crippen MR) is 119 cm³/mol. The normalized spacial score (nSPS) is 18.5. The van der Waals surface area contributed by atoms with Crippen molar-refractivity contribution in [2.24, 2.45) is 0 Å². The highest BCUT2D eigenvalue weighted by Crippen LogP contribution is 2.37. The summed E-state index contributed by atoms with van der Waals surface area (Å²) in [5.41, 5.74) is 7.95. The van der Waals surface area contributed by atoms with Gasteiger partial charge in [-0.05, 0) is 39.0 Å². The summed E-state index contributed by atoms with van der Waals surface area (Å²) in [7, 11) is 0. The average Bonchev–Trinajstić information content (AvgIpc) is 3.14. The van der Waals surface area contributed by atoms with E-state index in [1.807, 2.05) is 10.9 Å². The Bertz CT molecular complexity index is 1110. The number of rotatable bonds is 6. The number of nitrogen functional groups attached to an aromatic ring is 1. The van der Waals surface area contributed by atoms with Crippen LogP contribution in [0, 0.1) is 5.82 Å². The van der Waals surface area contributed by atoms with Crippen LogP contribution in [0.2, 0.25) is 10.0 Å². The Morgan fingerprint density at radius 2 is 2.06 bits per heavy atom. The summed E-state index contributed by atoms with van der Waals surface area (Å²) in [6.45, 7) is 6.55. The minimum Gasteiger partial charge on any atom is -0.482 e. The Morgan fingerprint density at radius 3 is 2.77 bits per heavy atom. The summed E-state index contributed by atoms with van der Waals surface area (Å²) in [4.78, 5) is 4.23. The van der Waals surface area contributed by atoms with Crippen LogP contribution in [0.15, 0.2) is 36.8 Å². The molecule has 2 atom stereocenters. The number of halogens is 3. The predicted octanol–water partition coefficient (Wildman–Crippen LogP) is 5.68. The molecule has 2 aromatic heterocycles. The van der Waals surface area contributed by atoms with Gasteiger partial charge in [-0.3, -0.25) is 4.68 Å². The molecule has 164 valence electrons. The largest absolute Gasteiger partial charge is 0.482 e. The monoisotopic (exact) mass is 464 g/mol. The highest BCUT2D eigenvalue weighted by molar-refractivity contribution is 6.36. The molecule has 1 aliphatic rings. The van der Waals surface area contributed by atoms with Crippen LogP contribution >= 0.6 is 23.2 Å². The van der Waals surface area contributed by atoms with Crippen molar-refractivity contribution in [1.29, 1.82) is 0 Å². The lowest BCUT2D eigenvalue weighted by atomic mass is 9.93. The smallest absolute Gasteiger partial charge is 0.166 e. The molecule has 1 saturated heterocycles. The van der Waals surface area contributed by atoms with Gasteiger partial charge in [0.05, 0.1) is 29.5 Å². The van der Waals surface area contributed by atoms with Crippen LogP contribution in [0.4, 0.5) is 10.2 Å². The van der Waals surface area contributed by atoms with Crippen molar-refractivity contribution >= 4 is 29.0 Å². The number of hydrogen-bond donors (Lipinski definition) is 1. The molecule has 1 fully saturated rings. The summed E-state index contributed by atoms with van der Waals surface area (Å²) in [6.07, 6.45) is 5.84. The zero-order valence-corrected chi connectivity index (χ0v) is 18.9. The average molecular weight is 465 g/mol. The van der Waals surface area contributed by atoms with Gasteiger partial charge in [-0.25, -0.2) is 9.37 Å². The summed E-state index contributed by atoms with van der Waals surface area (Å²) < 4.78 is 27.5. The fourth-order valence-corrected chi connectivity index (χ4v) is 4.46. The van der Waals surface area contributed by atoms with Crippen LogP contribution in [0.1, 0.15) is 38.9 Å². The Kier molecular flexibility index (Phi) is 5.85. The molecule has 2 N–H and O–H groups in total. The van der Waals surface area contributed by atoms with E-state index in [-0.39, 0.29) is 22.5 Å². The minimum absolute atomic E-state index is 0.0576. The van der Waals surface area contributed by atoms with Crippen LogP contribution in [0.5, 0.6) is 5.75 Å². The SMILES string of the molecule is CC(Oc1cc(-c2cnn(CC3CC(C)(C)O3)c2)cnc1N)c1c(Cl)ccc(F)c1Cl. The number of ether oxygens (including phenoxy) is 2. The number of nitrogens with zero attached hydrogens (tertiary/aromatic N) is 3. The molecule has 9 heteroatoms. The van der Waals surface area contributed by atoms with Gasteiger partial charge in [0, 0.05) is 40.5 Å². The molecular formula is C22H23Cl2FN4O2. The van der Waals surface area contributed by atoms with Gasteiger partial charge in [-0.2, -0.15) is 5.10 Å². The van der Waals surface area contributed by atoms with Gasteiger partial charge in [0.1, 0.15) is 11.9 Å². The summed E-state index contributed by atoms with van der Waals surface area (Å²) >= 11 is 12.3. The molecule has 4 rings (SSSR count). The second-order valence-electron chi connectivity index (χ2n) is 8.28. The number of benzene rings is 1. The molecule has 2 unspecified atom stereocenters. The van der Waals surface area contributed by atoms with Gasteiger partial charge < -0.3 is 15.2 Å². The van der Waals surface area contributed by atoms with Crippen LogP contribution in [-0.2, 0) is 11.3 Å². The van der Waals surface area contributed by atoms with Crippen LogP contribution in [0.25, 0.3) is 11.1 Å². The van der Waals surface area contributed by atoms with Crippen molar-refractivity contribution in [1.82, 2.24) is 14.8 Å². The third-order valence-corrected chi connectivity index (χ3v) is 5.95. The van der Waals surface area contributed by atoms with E-state index in [2.05, 4.69) is 23.9 Å². The van der Waals surface area contributed by atoms with E-state index in [9.17, 15) is 4.39 Å². The van der Waals surface area contributed by atoms with Crippen molar-refractivity contribution in [2.45, 2.75) is 51.5 Å². The first-order valence-corrected chi connectivity index (χ1v) is 10.6. The van der Waals surface area contributed by atoms with Gasteiger partial charge in [-0.1, -0.05) is 23.2 Å². The fourth-order valence-electron chi connectivity index (χ4n) is 3.78. The first-order chi connectivity index (χ1) is 14.6. The second kappa shape index (κ2) is 8.30. The maximum Gasteiger partial charge on any atom is 0.166 e. The van der Waals surface area contributed by atoms with Crippen LogP contribution in [0.3, 0.4) is 0 Å². The number of hydrogen-bond acceptors (Lipinski definition) is 5. The van der Waals surface area contributed by atoms with Gasteiger partial charge >= 0.3 is 0 Å². The maximum atomic E-state index is 13.9. The first-order valence-electron chi connectivity index (χ1n) is 9.89. The molecule has 31 heavy (non-hydrogen) atoms. The highest BCUT2D eigenvalue weighted by atomic mass is 35.5. The van der Waals surface area contributed by atoms with Gasteiger partial charge in [0.25, 0.3) is 0 Å². The molecule has 3 heterocycles. The Balaban J connectivity index is 1.52. The van der Waals surface area contributed by atoms with Crippen LogP contribution < -0.4 is 10.5 Å². The van der Waals surface area contributed by atoms with E-state index in [4.69, 9.17) is 38.4 Å². The topological polar surface area (TPSA) is 75.2 Å². The van der Waals surface area contributed by atoms with Crippen molar-refractivity contribution < 1.29 is 13.9 Å². The van der Waals surface area contributed by atoms with Crippen LogP contribution in [-0.4, -0.2) is 26.5 Å². The molecule has 3 aromatic rings. The van der Waals surface area contributed by atoms with Crippen molar-refractivity contribution in [2.75, 3.05) is 5.73 Å². The molecule has 0 spiro atoms. The number of nitrogens with two attached hydrogens (primary N) is 1. The van der Waals surface area contributed by atoms with Gasteiger partial charge in [0.2, 0.25) is 0 Å². The maximum absolute atomic E-state index is 13.9. The molecular weight excluding hydrogens is 442 g/mol. The second-order valence-corrected chi connectivity index (χ2v) is 9.06. The molecule has 0 amide bonds. The highest BCUT2D eigenvalue weighted by Gasteiger charge is 2.37. The molecule has 0 aliphatic carbocycles. The zero-order chi connectivity index (χ0) is 22.3. The minimum atomic E-state index is -0.642. The van der Waals surface area contributed by atoms with Crippen molar-refractivity contribution in [3.05, 3.63) is 58.2 Å². The van der Waals surface area contributed by atoms with Crippen molar-refractivity contribution in [3.63, 3.8) is 0 Å². The summed E-state index contributed by atoms with van der Waals surface area (Å²) in [5.74, 6) is -0.0161. The fraction of sp³-hybridized carbons (Fsp3) is 0.364. The van der Waals surface area contributed by atoms with E-state index in [0.717, 1.165) is 17.5 Å². The number of anilines is 1. The number of pyridine rings is 1. The van der Waals surface area contributed by atoms with E-state index < -0.39 is 11.9 Å². The summed E-state index contributed by atoms with van der Waals surface area (Å²) in [5, 5.41) is 4.65. The van der Waals surface area contributed by atoms with E-state index >= 15 is 0 Å². The number of aromatic nitrogens is 3. The molecule has 6 nitrogen and oxygen atoms in total. The lowest BCUT2D eigenvalue weighted by molar-refractivity contribution is -0.189. The Hall–Kier alpha value is -2.35. The molecule has 0 saturated carbocycles. The standard InChI is InChI=1S/C22H23Cl2FN4O2/c1-12(19-16(23)4-5-17(25)20(19)24)30-18-6-13(8-27-21(18)26)14-9-28-29(10-14)11-15-7-22(2,3)31-15/h4-6,8-10,12,15H,7,11H2,1-3H3,(H2,26,27). The van der Waals surface area contributed by atoms with E-state index in [1.165, 1.54) is 12.1 Å². The Morgan fingerprint density at radius 1 is 1.32 bits per heavy atom. The first kappa shape index (κ1) is 21.9. The summed E-state index contributed by atoms with van der Waals surface area (Å²) in [6, 6.07) is 4.42. The Labute approximate surface area is 190 Å². The lowest BCUT2D eigenvalue weighted by Gasteiger charge is -2.42. The molecule has 0 radical (unpaired) electrons. The zero-order valence-electron chi connectivity index (χ0n) is 17.4.